The molecule has 19 heavy (non-hydrogen) atoms. The van der Waals surface area contributed by atoms with Crippen LogP contribution in [0.5, 0.6) is 0 Å². The number of hydrogen-bond donors (Lipinski definition) is 1. The molecule has 2 fully saturated rings. The van der Waals surface area contributed by atoms with Gasteiger partial charge < -0.3 is 10.6 Å². The van der Waals surface area contributed by atoms with E-state index in [1.54, 1.807) is 0 Å². The molecule has 2 N–H and O–H groups in total. The summed E-state index contributed by atoms with van der Waals surface area (Å²) in [7, 11) is 0. The maximum Gasteiger partial charge on any atom is 0.0113 e. The Morgan fingerprint density at radius 1 is 1.11 bits per heavy atom. The van der Waals surface area contributed by atoms with Crippen LogP contribution in [0.1, 0.15) is 46.5 Å². The van der Waals surface area contributed by atoms with E-state index >= 15 is 0 Å². The van der Waals surface area contributed by atoms with Crippen molar-refractivity contribution >= 4 is 0 Å². The summed E-state index contributed by atoms with van der Waals surface area (Å²) in [6.07, 6.45) is 5.30. The normalized spacial score (nSPS) is 34.9. The van der Waals surface area contributed by atoms with Crippen molar-refractivity contribution < 1.29 is 0 Å². The molecule has 1 heterocycles. The summed E-state index contributed by atoms with van der Waals surface area (Å²) < 4.78 is 0. The predicted octanol–water partition coefficient (Wildman–Crippen LogP) is 2.17. The van der Waals surface area contributed by atoms with E-state index in [1.807, 2.05) is 0 Å². The van der Waals surface area contributed by atoms with Gasteiger partial charge in [-0.15, -0.1) is 0 Å². The Kier molecular flexibility index (Phi) is 5.67. The highest BCUT2D eigenvalue weighted by Gasteiger charge is 2.29. The molecule has 0 aromatic rings. The van der Waals surface area contributed by atoms with Gasteiger partial charge in [-0.25, -0.2) is 0 Å². The van der Waals surface area contributed by atoms with Gasteiger partial charge in [0.2, 0.25) is 0 Å². The molecule has 3 heteroatoms. The number of hydrogen-bond acceptors (Lipinski definition) is 3. The van der Waals surface area contributed by atoms with Gasteiger partial charge in [0.05, 0.1) is 0 Å². The summed E-state index contributed by atoms with van der Waals surface area (Å²) in [5, 5.41) is 0. The first kappa shape index (κ1) is 15.3. The number of rotatable bonds is 4. The summed E-state index contributed by atoms with van der Waals surface area (Å²) in [5.41, 5.74) is 6.35. The summed E-state index contributed by atoms with van der Waals surface area (Å²) in [5.74, 6) is 1.67. The highest BCUT2D eigenvalue weighted by Crippen LogP contribution is 2.31. The summed E-state index contributed by atoms with van der Waals surface area (Å²) in [4.78, 5) is 5.24. The number of nitrogens with two attached hydrogens (primary N) is 1. The SMILES string of the molecule is CCC1CCC(N)C(CN2CCN(C(C)C)CC2)C1. The van der Waals surface area contributed by atoms with Crippen LogP contribution < -0.4 is 5.73 Å². The van der Waals surface area contributed by atoms with Crippen molar-refractivity contribution in [1.29, 1.82) is 0 Å². The first-order chi connectivity index (χ1) is 9.10. The van der Waals surface area contributed by atoms with E-state index in [-0.39, 0.29) is 0 Å². The zero-order valence-corrected chi connectivity index (χ0v) is 13.1. The molecule has 1 aliphatic carbocycles. The fraction of sp³-hybridized carbons (Fsp3) is 1.00. The fourth-order valence-electron chi connectivity index (χ4n) is 3.76. The first-order valence-electron chi connectivity index (χ1n) is 8.32. The Bertz CT molecular complexity index is 259. The average Bonchev–Trinajstić information content (AvgIpc) is 2.42. The predicted molar refractivity (Wildman–Crippen MR) is 82.2 cm³/mol. The lowest BCUT2D eigenvalue weighted by Gasteiger charge is -2.41. The average molecular weight is 267 g/mol. The van der Waals surface area contributed by atoms with E-state index in [4.69, 9.17) is 5.73 Å². The quantitative estimate of drug-likeness (QED) is 0.847. The van der Waals surface area contributed by atoms with Gasteiger partial charge in [-0.3, -0.25) is 4.90 Å². The molecule has 0 aromatic carbocycles. The molecular weight excluding hydrogens is 234 g/mol. The minimum atomic E-state index is 0.450. The van der Waals surface area contributed by atoms with E-state index in [9.17, 15) is 0 Å². The van der Waals surface area contributed by atoms with Crippen molar-refractivity contribution in [2.24, 2.45) is 17.6 Å². The molecule has 3 nitrogen and oxygen atoms in total. The second kappa shape index (κ2) is 7.05. The molecule has 0 spiro atoms. The van der Waals surface area contributed by atoms with Crippen LogP contribution in [0.4, 0.5) is 0 Å². The van der Waals surface area contributed by atoms with Crippen LogP contribution in [0.3, 0.4) is 0 Å². The molecule has 3 atom stereocenters. The highest BCUT2D eigenvalue weighted by molar-refractivity contribution is 4.85. The lowest BCUT2D eigenvalue weighted by Crippen LogP contribution is -2.52. The maximum absolute atomic E-state index is 6.35. The topological polar surface area (TPSA) is 32.5 Å². The zero-order valence-electron chi connectivity index (χ0n) is 13.1. The first-order valence-corrected chi connectivity index (χ1v) is 8.32. The Morgan fingerprint density at radius 2 is 1.79 bits per heavy atom. The largest absolute Gasteiger partial charge is 0.327 e. The standard InChI is InChI=1S/C16H33N3/c1-4-14-5-6-16(17)15(11-14)12-18-7-9-19(10-8-18)13(2)3/h13-16H,4-12,17H2,1-3H3. The van der Waals surface area contributed by atoms with Gasteiger partial charge in [0.25, 0.3) is 0 Å². The zero-order chi connectivity index (χ0) is 13.8. The molecule has 0 bridgehead atoms. The third-order valence-electron chi connectivity index (χ3n) is 5.36. The van der Waals surface area contributed by atoms with Crippen molar-refractivity contribution in [3.63, 3.8) is 0 Å². The van der Waals surface area contributed by atoms with Crippen molar-refractivity contribution in [2.45, 2.75) is 58.5 Å². The third-order valence-corrected chi connectivity index (χ3v) is 5.36. The Hall–Kier alpha value is -0.120. The van der Waals surface area contributed by atoms with E-state index in [0.29, 0.717) is 12.1 Å². The summed E-state index contributed by atoms with van der Waals surface area (Å²) >= 11 is 0. The molecule has 2 aliphatic rings. The Balaban J connectivity index is 1.78. The van der Waals surface area contributed by atoms with Crippen LogP contribution in [-0.2, 0) is 0 Å². The van der Waals surface area contributed by atoms with E-state index < -0.39 is 0 Å². The monoisotopic (exact) mass is 267 g/mol. The van der Waals surface area contributed by atoms with Crippen LogP contribution in [0.15, 0.2) is 0 Å². The number of nitrogens with zero attached hydrogens (tertiary/aromatic N) is 2. The fourth-order valence-corrected chi connectivity index (χ4v) is 3.76. The van der Waals surface area contributed by atoms with Gasteiger partial charge in [-0.2, -0.15) is 0 Å². The van der Waals surface area contributed by atoms with Crippen molar-refractivity contribution in [3.8, 4) is 0 Å². The lowest BCUT2D eigenvalue weighted by atomic mass is 9.77. The Morgan fingerprint density at radius 3 is 2.37 bits per heavy atom. The molecule has 1 saturated carbocycles. The van der Waals surface area contributed by atoms with Crippen LogP contribution in [0, 0.1) is 11.8 Å². The number of piperazine rings is 1. The van der Waals surface area contributed by atoms with Crippen LogP contribution in [0.25, 0.3) is 0 Å². The molecule has 0 amide bonds. The van der Waals surface area contributed by atoms with Crippen LogP contribution in [0.2, 0.25) is 0 Å². The van der Waals surface area contributed by atoms with Crippen molar-refractivity contribution in [2.75, 3.05) is 32.7 Å². The summed E-state index contributed by atoms with van der Waals surface area (Å²) in [6, 6.07) is 1.15. The van der Waals surface area contributed by atoms with E-state index in [2.05, 4.69) is 30.6 Å². The molecule has 1 aliphatic heterocycles. The maximum atomic E-state index is 6.35. The van der Waals surface area contributed by atoms with Crippen molar-refractivity contribution in [3.05, 3.63) is 0 Å². The van der Waals surface area contributed by atoms with E-state index in [0.717, 1.165) is 11.8 Å². The van der Waals surface area contributed by atoms with Crippen LogP contribution in [-0.4, -0.2) is 54.6 Å². The van der Waals surface area contributed by atoms with Crippen LogP contribution >= 0.6 is 0 Å². The van der Waals surface area contributed by atoms with Gasteiger partial charge in [0.15, 0.2) is 0 Å². The second-order valence-electron chi connectivity index (χ2n) is 6.94. The minimum Gasteiger partial charge on any atom is -0.327 e. The van der Waals surface area contributed by atoms with Gasteiger partial charge >= 0.3 is 0 Å². The molecule has 0 radical (unpaired) electrons. The second-order valence-corrected chi connectivity index (χ2v) is 6.94. The molecule has 3 unspecified atom stereocenters. The van der Waals surface area contributed by atoms with E-state index in [1.165, 1.54) is 58.4 Å². The van der Waals surface area contributed by atoms with Gasteiger partial charge in [-0.05, 0) is 44.9 Å². The van der Waals surface area contributed by atoms with Gasteiger partial charge in [0.1, 0.15) is 0 Å². The molecule has 112 valence electrons. The molecule has 2 rings (SSSR count). The van der Waals surface area contributed by atoms with Gasteiger partial charge in [0, 0.05) is 44.8 Å². The third kappa shape index (κ3) is 4.17. The highest BCUT2D eigenvalue weighted by atomic mass is 15.3. The molecular formula is C16H33N3. The van der Waals surface area contributed by atoms with Gasteiger partial charge in [-0.1, -0.05) is 13.3 Å². The van der Waals surface area contributed by atoms with Crippen molar-refractivity contribution in [1.82, 2.24) is 9.80 Å². The molecule has 0 aromatic heterocycles. The molecule has 1 saturated heterocycles. The lowest BCUT2D eigenvalue weighted by molar-refractivity contribution is 0.0801. The minimum absolute atomic E-state index is 0.450. The summed E-state index contributed by atoms with van der Waals surface area (Å²) in [6.45, 7) is 13.1. The Labute approximate surface area is 119 Å². The smallest absolute Gasteiger partial charge is 0.0113 e.